The summed E-state index contributed by atoms with van der Waals surface area (Å²) in [6, 6.07) is 7.90. The average Bonchev–Trinajstić information content (AvgIpc) is 3.19. The maximum absolute atomic E-state index is 6.24. The van der Waals surface area contributed by atoms with Gasteiger partial charge in [0.15, 0.2) is 0 Å². The number of ether oxygens (including phenoxy) is 1. The zero-order valence-electron chi connectivity index (χ0n) is 16.9. The Morgan fingerprint density at radius 1 is 1.07 bits per heavy atom. The molecule has 0 saturated heterocycles. The van der Waals surface area contributed by atoms with E-state index in [-0.39, 0.29) is 6.10 Å². The molecule has 7 heteroatoms. The molecule has 2 aromatic heterocycles. The van der Waals surface area contributed by atoms with Crippen molar-refractivity contribution < 1.29 is 4.74 Å². The average molecular weight is 412 g/mol. The molecule has 0 N–H and O–H groups in total. The van der Waals surface area contributed by atoms with Crippen LogP contribution < -0.4 is 4.74 Å². The van der Waals surface area contributed by atoms with Gasteiger partial charge in [0.1, 0.15) is 24.1 Å². The summed E-state index contributed by atoms with van der Waals surface area (Å²) in [7, 11) is 0. The molecular formula is C22H26ClN5O. The third-order valence-corrected chi connectivity index (χ3v) is 5.85. The molecule has 1 fully saturated rings. The van der Waals surface area contributed by atoms with Gasteiger partial charge in [0.2, 0.25) is 5.88 Å². The third-order valence-electron chi connectivity index (χ3n) is 5.62. The monoisotopic (exact) mass is 411 g/mol. The molecule has 2 heterocycles. The molecule has 3 aromatic rings. The maximum atomic E-state index is 6.24. The lowest BCUT2D eigenvalue weighted by Gasteiger charge is -2.28. The van der Waals surface area contributed by atoms with Crippen LogP contribution in [-0.4, -0.2) is 30.8 Å². The van der Waals surface area contributed by atoms with Crippen molar-refractivity contribution in [1.29, 1.82) is 0 Å². The predicted octanol–water partition coefficient (Wildman–Crippen LogP) is 4.94. The van der Waals surface area contributed by atoms with E-state index in [1.54, 1.807) is 6.20 Å². The minimum atomic E-state index is 0.185. The largest absolute Gasteiger partial charge is 0.474 e. The van der Waals surface area contributed by atoms with E-state index in [1.807, 2.05) is 18.2 Å². The molecule has 1 aromatic carbocycles. The Morgan fingerprint density at radius 3 is 2.59 bits per heavy atom. The highest BCUT2D eigenvalue weighted by molar-refractivity contribution is 6.30. The van der Waals surface area contributed by atoms with Crippen molar-refractivity contribution in [1.82, 2.24) is 24.7 Å². The van der Waals surface area contributed by atoms with E-state index in [0.717, 1.165) is 60.9 Å². The predicted molar refractivity (Wildman–Crippen MR) is 113 cm³/mol. The first kappa shape index (κ1) is 19.8. The number of hydrogen-bond acceptors (Lipinski definition) is 5. The molecule has 0 spiro atoms. The van der Waals surface area contributed by atoms with Crippen LogP contribution in [0.3, 0.4) is 0 Å². The molecular weight excluding hydrogens is 386 g/mol. The summed E-state index contributed by atoms with van der Waals surface area (Å²) in [4.78, 5) is 8.12. The summed E-state index contributed by atoms with van der Waals surface area (Å²) in [6.45, 7) is 4.28. The fraction of sp³-hybridized carbons (Fsp3) is 0.455. The van der Waals surface area contributed by atoms with E-state index in [4.69, 9.17) is 16.3 Å². The third kappa shape index (κ3) is 4.27. The summed E-state index contributed by atoms with van der Waals surface area (Å²) in [6.07, 6.45) is 9.16. The van der Waals surface area contributed by atoms with E-state index in [0.29, 0.717) is 11.8 Å². The summed E-state index contributed by atoms with van der Waals surface area (Å²) < 4.78 is 8.28. The fourth-order valence-corrected chi connectivity index (χ4v) is 4.29. The van der Waals surface area contributed by atoms with Crippen LogP contribution in [0.5, 0.6) is 5.88 Å². The molecule has 0 unspecified atom stereocenters. The van der Waals surface area contributed by atoms with Crippen molar-refractivity contribution in [2.45, 2.75) is 64.4 Å². The number of benzene rings is 1. The normalized spacial score (nSPS) is 19.3. The zero-order valence-corrected chi connectivity index (χ0v) is 17.6. The van der Waals surface area contributed by atoms with Crippen LogP contribution in [-0.2, 0) is 12.8 Å². The number of aryl methyl sites for hydroxylation is 2. The highest BCUT2D eigenvalue weighted by Crippen LogP contribution is 2.35. The van der Waals surface area contributed by atoms with Gasteiger partial charge in [-0.2, -0.15) is 0 Å². The van der Waals surface area contributed by atoms with Gasteiger partial charge >= 0.3 is 0 Å². The SMILES string of the molecule is CCc1cc(Cl)ccc1-n1c(CC)nnc1[C@H]1CC[C@H](Oc2ccncn2)CC1. The van der Waals surface area contributed by atoms with Crippen LogP contribution in [0.2, 0.25) is 5.02 Å². The number of nitrogens with zero attached hydrogens (tertiary/aromatic N) is 5. The summed E-state index contributed by atoms with van der Waals surface area (Å²) in [5, 5.41) is 9.88. The smallest absolute Gasteiger partial charge is 0.216 e. The fourth-order valence-electron chi connectivity index (χ4n) is 4.10. The molecule has 6 nitrogen and oxygen atoms in total. The van der Waals surface area contributed by atoms with Gasteiger partial charge in [-0.25, -0.2) is 9.97 Å². The van der Waals surface area contributed by atoms with Crippen molar-refractivity contribution in [2.24, 2.45) is 0 Å². The van der Waals surface area contributed by atoms with Gasteiger partial charge in [0.05, 0.1) is 5.69 Å². The standard InChI is InChI=1S/C22H26ClN5O/c1-3-15-13-17(23)7-10-19(15)28-20(4-2)26-27-22(28)16-5-8-18(9-6-16)29-21-11-12-24-14-25-21/h7,10-14,16,18H,3-6,8-9H2,1-2H3/t16-,18-. The molecule has 4 rings (SSSR count). The Labute approximate surface area is 176 Å². The van der Waals surface area contributed by atoms with Crippen molar-refractivity contribution in [3.63, 3.8) is 0 Å². The highest BCUT2D eigenvalue weighted by Gasteiger charge is 2.29. The molecule has 1 aliphatic carbocycles. The van der Waals surface area contributed by atoms with Gasteiger partial charge in [-0.15, -0.1) is 10.2 Å². The van der Waals surface area contributed by atoms with Crippen LogP contribution in [0.1, 0.15) is 62.7 Å². The van der Waals surface area contributed by atoms with E-state index >= 15 is 0 Å². The molecule has 0 atom stereocenters. The van der Waals surface area contributed by atoms with Crippen molar-refractivity contribution in [2.75, 3.05) is 0 Å². The molecule has 0 aliphatic heterocycles. The zero-order chi connectivity index (χ0) is 20.2. The second-order valence-corrected chi connectivity index (χ2v) is 7.87. The first-order valence-electron chi connectivity index (χ1n) is 10.3. The molecule has 0 bridgehead atoms. The minimum Gasteiger partial charge on any atom is -0.474 e. The lowest BCUT2D eigenvalue weighted by atomic mass is 9.86. The molecule has 0 amide bonds. The van der Waals surface area contributed by atoms with Gasteiger partial charge in [0.25, 0.3) is 0 Å². The Kier molecular flexibility index (Phi) is 6.09. The Hall–Kier alpha value is -2.47. The number of aromatic nitrogens is 5. The van der Waals surface area contributed by atoms with Gasteiger partial charge < -0.3 is 4.74 Å². The molecule has 152 valence electrons. The first-order chi connectivity index (χ1) is 14.2. The van der Waals surface area contributed by atoms with E-state index in [1.165, 1.54) is 11.9 Å². The van der Waals surface area contributed by atoms with Crippen LogP contribution in [0.4, 0.5) is 0 Å². The molecule has 1 aliphatic rings. The lowest BCUT2D eigenvalue weighted by Crippen LogP contribution is -2.25. The van der Waals surface area contributed by atoms with Crippen LogP contribution >= 0.6 is 11.6 Å². The molecule has 1 saturated carbocycles. The van der Waals surface area contributed by atoms with Crippen LogP contribution in [0.25, 0.3) is 5.69 Å². The number of hydrogen-bond donors (Lipinski definition) is 0. The van der Waals surface area contributed by atoms with Crippen molar-refractivity contribution in [3.8, 4) is 11.6 Å². The van der Waals surface area contributed by atoms with Crippen molar-refractivity contribution >= 4 is 11.6 Å². The Bertz CT molecular complexity index is 951. The minimum absolute atomic E-state index is 0.185. The lowest BCUT2D eigenvalue weighted by molar-refractivity contribution is 0.138. The van der Waals surface area contributed by atoms with Crippen molar-refractivity contribution in [3.05, 3.63) is 59.0 Å². The van der Waals surface area contributed by atoms with Crippen LogP contribution in [0, 0.1) is 0 Å². The summed E-state index contributed by atoms with van der Waals surface area (Å²) in [5.41, 5.74) is 2.36. The summed E-state index contributed by atoms with van der Waals surface area (Å²) >= 11 is 6.24. The van der Waals surface area contributed by atoms with E-state index in [9.17, 15) is 0 Å². The number of halogens is 1. The second-order valence-electron chi connectivity index (χ2n) is 7.43. The van der Waals surface area contributed by atoms with E-state index < -0.39 is 0 Å². The van der Waals surface area contributed by atoms with Gasteiger partial charge in [-0.3, -0.25) is 4.57 Å². The maximum Gasteiger partial charge on any atom is 0.216 e. The van der Waals surface area contributed by atoms with Gasteiger partial charge in [-0.1, -0.05) is 25.4 Å². The Balaban J connectivity index is 1.55. The quantitative estimate of drug-likeness (QED) is 0.574. The van der Waals surface area contributed by atoms with Gasteiger partial charge in [-0.05, 0) is 55.9 Å². The number of rotatable bonds is 6. The van der Waals surface area contributed by atoms with Crippen LogP contribution in [0.15, 0.2) is 36.8 Å². The van der Waals surface area contributed by atoms with E-state index in [2.05, 4.69) is 44.6 Å². The highest BCUT2D eigenvalue weighted by atomic mass is 35.5. The topological polar surface area (TPSA) is 65.7 Å². The Morgan fingerprint density at radius 2 is 1.90 bits per heavy atom. The second kappa shape index (κ2) is 8.91. The molecule has 29 heavy (non-hydrogen) atoms. The first-order valence-corrected chi connectivity index (χ1v) is 10.7. The summed E-state index contributed by atoms with van der Waals surface area (Å²) in [5.74, 6) is 3.07. The molecule has 0 radical (unpaired) electrons. The van der Waals surface area contributed by atoms with Gasteiger partial charge in [0, 0.05) is 29.6 Å².